The number of aromatic amines is 1. The quantitative estimate of drug-likeness (QED) is 0.745. The summed E-state index contributed by atoms with van der Waals surface area (Å²) in [6, 6.07) is 3.80. The van der Waals surface area contributed by atoms with Crippen molar-refractivity contribution in [3.8, 4) is 0 Å². The third kappa shape index (κ3) is 1.36. The molecule has 62 valence electrons. The Labute approximate surface area is 90.2 Å². The molecule has 1 N–H and O–H groups in total. The number of halogens is 2. The lowest BCUT2D eigenvalue weighted by Gasteiger charge is -1.92. The van der Waals surface area contributed by atoms with Gasteiger partial charge in [-0.1, -0.05) is 15.9 Å². The average Bonchev–Trinajstić information content (AvgIpc) is 2.29. The van der Waals surface area contributed by atoms with Gasteiger partial charge in [0.25, 0.3) is 4.84 Å². The Hall–Kier alpha value is -0.130. The highest BCUT2D eigenvalue weighted by molar-refractivity contribution is 9.11. The van der Waals surface area contributed by atoms with Crippen LogP contribution in [0.25, 0.3) is 11.1 Å². The fourth-order valence-electron chi connectivity index (χ4n) is 0.979. The molecule has 12 heavy (non-hydrogen) atoms. The van der Waals surface area contributed by atoms with Crippen molar-refractivity contribution in [3.05, 3.63) is 25.9 Å². The molecule has 5 heteroatoms. The zero-order valence-corrected chi connectivity index (χ0v) is 9.72. The molecule has 0 bridgehead atoms. The van der Waals surface area contributed by atoms with E-state index in [-0.39, 0.29) is 0 Å². The highest BCUT2D eigenvalue weighted by Gasteiger charge is 2.04. The van der Waals surface area contributed by atoms with Crippen molar-refractivity contribution in [2.45, 2.75) is 0 Å². The van der Waals surface area contributed by atoms with Gasteiger partial charge >= 0.3 is 0 Å². The lowest BCUT2D eigenvalue weighted by molar-refractivity contribution is 0.583. The molecule has 1 aromatic heterocycles. The molecule has 0 saturated carbocycles. The van der Waals surface area contributed by atoms with Gasteiger partial charge in [-0.25, -0.2) is 0 Å². The second-order valence-corrected chi connectivity index (χ2v) is 4.42. The van der Waals surface area contributed by atoms with Crippen molar-refractivity contribution in [3.63, 3.8) is 0 Å². The van der Waals surface area contributed by atoms with Gasteiger partial charge in [0.05, 0.1) is 5.52 Å². The monoisotopic (exact) mass is 307 g/mol. The van der Waals surface area contributed by atoms with E-state index in [2.05, 4.69) is 36.8 Å². The van der Waals surface area contributed by atoms with Crippen LogP contribution in [0.15, 0.2) is 25.5 Å². The van der Waals surface area contributed by atoms with Gasteiger partial charge in [-0.3, -0.25) is 0 Å². The predicted octanol–water partition coefficient (Wildman–Crippen LogP) is 4.02. The fraction of sp³-hybridized carbons (Fsp3) is 0. The number of benzene rings is 1. The van der Waals surface area contributed by atoms with Crippen molar-refractivity contribution in [1.82, 2.24) is 4.98 Å². The molecule has 1 heterocycles. The van der Waals surface area contributed by atoms with Crippen LogP contribution >= 0.6 is 44.1 Å². The minimum Gasteiger partial charge on any atom is -0.429 e. The molecule has 2 rings (SSSR count). The Balaban J connectivity index is 2.97. The van der Waals surface area contributed by atoms with Crippen LogP contribution in [0.4, 0.5) is 0 Å². The van der Waals surface area contributed by atoms with E-state index in [4.69, 9.17) is 16.6 Å². The zero-order valence-electron chi connectivity index (χ0n) is 5.73. The van der Waals surface area contributed by atoms with Gasteiger partial charge in [0.15, 0.2) is 5.58 Å². The van der Waals surface area contributed by atoms with E-state index in [1.54, 1.807) is 0 Å². The molecule has 2 nitrogen and oxygen atoms in total. The summed E-state index contributed by atoms with van der Waals surface area (Å²) in [5.74, 6) is 0. The van der Waals surface area contributed by atoms with E-state index < -0.39 is 0 Å². The number of nitrogens with one attached hydrogen (secondary N) is 1. The Bertz CT molecular complexity index is 488. The largest absolute Gasteiger partial charge is 0.429 e. The number of fused-ring (bicyclic) bond motifs is 1. The van der Waals surface area contributed by atoms with Crippen molar-refractivity contribution in [2.24, 2.45) is 0 Å². The lowest BCUT2D eigenvalue weighted by Crippen LogP contribution is -1.71. The minimum atomic E-state index is 0.392. The van der Waals surface area contributed by atoms with E-state index in [9.17, 15) is 0 Å². The van der Waals surface area contributed by atoms with Crippen LogP contribution in [0, 0.1) is 4.84 Å². The van der Waals surface area contributed by atoms with Crippen LogP contribution in [0.5, 0.6) is 0 Å². The summed E-state index contributed by atoms with van der Waals surface area (Å²) in [5, 5.41) is 0. The van der Waals surface area contributed by atoms with Gasteiger partial charge in [0.2, 0.25) is 0 Å². The van der Waals surface area contributed by atoms with Crippen LogP contribution in [-0.4, -0.2) is 4.98 Å². The Kier molecular flexibility index (Phi) is 2.10. The number of hydrogen-bond acceptors (Lipinski definition) is 2. The molecule has 0 aliphatic heterocycles. The fourth-order valence-corrected chi connectivity index (χ4v) is 2.46. The maximum absolute atomic E-state index is 5.23. The first-order valence-corrected chi connectivity index (χ1v) is 5.14. The van der Waals surface area contributed by atoms with Crippen LogP contribution in [-0.2, 0) is 0 Å². The first-order valence-electron chi connectivity index (χ1n) is 3.15. The molecule has 0 saturated heterocycles. The summed E-state index contributed by atoms with van der Waals surface area (Å²) in [6.45, 7) is 0. The van der Waals surface area contributed by atoms with Crippen molar-refractivity contribution in [2.75, 3.05) is 0 Å². The van der Waals surface area contributed by atoms with E-state index >= 15 is 0 Å². The van der Waals surface area contributed by atoms with Gasteiger partial charge in [-0.05, 0) is 40.3 Å². The topological polar surface area (TPSA) is 28.9 Å². The molecule has 0 aliphatic carbocycles. The van der Waals surface area contributed by atoms with Crippen LogP contribution in [0.2, 0.25) is 0 Å². The lowest BCUT2D eigenvalue weighted by atomic mass is 10.3. The Morgan fingerprint density at radius 2 is 2.08 bits per heavy atom. The number of aromatic nitrogens is 1. The van der Waals surface area contributed by atoms with Crippen molar-refractivity contribution >= 4 is 55.2 Å². The van der Waals surface area contributed by atoms with Crippen molar-refractivity contribution < 1.29 is 4.42 Å². The van der Waals surface area contributed by atoms with Gasteiger partial charge in [-0.15, -0.1) is 0 Å². The second-order valence-electron chi connectivity index (χ2n) is 2.28. The Morgan fingerprint density at radius 3 is 2.83 bits per heavy atom. The summed E-state index contributed by atoms with van der Waals surface area (Å²) < 4.78 is 7.12. The first kappa shape index (κ1) is 8.47. The van der Waals surface area contributed by atoms with Gasteiger partial charge < -0.3 is 9.40 Å². The Morgan fingerprint density at radius 1 is 1.33 bits per heavy atom. The molecule has 0 aliphatic rings. The van der Waals surface area contributed by atoms with Crippen LogP contribution < -0.4 is 0 Å². The highest BCUT2D eigenvalue weighted by Crippen LogP contribution is 2.27. The van der Waals surface area contributed by atoms with Crippen molar-refractivity contribution in [1.29, 1.82) is 0 Å². The maximum Gasteiger partial charge on any atom is 0.266 e. The summed E-state index contributed by atoms with van der Waals surface area (Å²) in [6.07, 6.45) is 0. The third-order valence-electron chi connectivity index (χ3n) is 1.45. The minimum absolute atomic E-state index is 0.392. The molecule has 0 atom stereocenters. The summed E-state index contributed by atoms with van der Waals surface area (Å²) >= 11 is 11.6. The molecule has 1 aromatic carbocycles. The van der Waals surface area contributed by atoms with Gasteiger partial charge in [-0.2, -0.15) is 0 Å². The average molecular weight is 309 g/mol. The maximum atomic E-state index is 5.23. The molecular weight excluding hydrogens is 306 g/mol. The molecule has 0 fully saturated rings. The number of rotatable bonds is 0. The van der Waals surface area contributed by atoms with Gasteiger partial charge in [0.1, 0.15) is 0 Å². The van der Waals surface area contributed by atoms with E-state index in [0.29, 0.717) is 4.84 Å². The van der Waals surface area contributed by atoms with E-state index in [1.165, 1.54) is 0 Å². The second kappa shape index (κ2) is 2.97. The van der Waals surface area contributed by atoms with E-state index in [0.717, 1.165) is 20.0 Å². The SMILES string of the molecule is S=c1[nH]c2c(Br)cc(Br)cc2o1. The summed E-state index contributed by atoms with van der Waals surface area (Å²) in [4.78, 5) is 3.33. The summed E-state index contributed by atoms with van der Waals surface area (Å²) in [7, 11) is 0. The molecule has 0 spiro atoms. The smallest absolute Gasteiger partial charge is 0.266 e. The standard InChI is InChI=1S/C7H3Br2NOS/c8-3-1-4(9)6-5(2-3)11-7(12)10-6/h1-2H,(H,10,12). The number of hydrogen-bond donors (Lipinski definition) is 1. The molecule has 0 radical (unpaired) electrons. The first-order chi connectivity index (χ1) is 5.66. The predicted molar refractivity (Wildman–Crippen MR) is 56.8 cm³/mol. The normalized spacial score (nSPS) is 10.8. The van der Waals surface area contributed by atoms with E-state index in [1.807, 2.05) is 12.1 Å². The number of H-pyrrole nitrogens is 1. The molecular formula is C7H3Br2NOS. The van der Waals surface area contributed by atoms with Gasteiger partial charge in [0, 0.05) is 8.95 Å². The molecule has 0 unspecified atom stereocenters. The zero-order chi connectivity index (χ0) is 8.72. The molecule has 0 amide bonds. The third-order valence-corrected chi connectivity index (χ3v) is 2.72. The van der Waals surface area contributed by atoms with Crippen LogP contribution in [0.1, 0.15) is 0 Å². The summed E-state index contributed by atoms with van der Waals surface area (Å²) in [5.41, 5.74) is 1.64. The highest BCUT2D eigenvalue weighted by atomic mass is 79.9. The van der Waals surface area contributed by atoms with Crippen LogP contribution in [0.3, 0.4) is 0 Å². The molecule has 2 aromatic rings. The number of oxazole rings is 1.